The minimum absolute atomic E-state index is 0.00684. The number of hydrogen-bond acceptors (Lipinski definition) is 5. The molecule has 0 spiro atoms. The third-order valence-corrected chi connectivity index (χ3v) is 4.39. The summed E-state index contributed by atoms with van der Waals surface area (Å²) in [5.74, 6) is 0.827. The lowest BCUT2D eigenvalue weighted by molar-refractivity contribution is -0.115. The summed E-state index contributed by atoms with van der Waals surface area (Å²) >= 11 is 1.54. The number of anilines is 3. The maximum atomic E-state index is 11.4. The summed E-state index contributed by atoms with van der Waals surface area (Å²) in [5.41, 5.74) is 3.66. The third-order valence-electron chi connectivity index (χ3n) is 3.63. The van der Waals surface area contributed by atoms with Crippen molar-refractivity contribution in [1.29, 1.82) is 0 Å². The minimum atomic E-state index is 0.00684. The van der Waals surface area contributed by atoms with Crippen molar-refractivity contribution in [2.75, 3.05) is 17.7 Å². The Labute approximate surface area is 150 Å². The molecular weight excluding hydrogens is 334 g/mol. The van der Waals surface area contributed by atoms with Crippen molar-refractivity contribution in [3.05, 3.63) is 53.9 Å². The first-order valence-corrected chi connectivity index (χ1v) is 8.83. The average Bonchev–Trinajstić information content (AvgIpc) is 3.11. The second-order valence-corrected chi connectivity index (χ2v) is 6.23. The highest BCUT2D eigenvalue weighted by atomic mass is 32.1. The monoisotopic (exact) mass is 353 g/mol. The van der Waals surface area contributed by atoms with Gasteiger partial charge in [-0.25, -0.2) is 4.98 Å². The number of hydrogen-bond donors (Lipinski definition) is 2. The third kappa shape index (κ3) is 4.36. The van der Waals surface area contributed by atoms with Gasteiger partial charge in [0.25, 0.3) is 0 Å². The molecule has 5 nitrogen and oxygen atoms in total. The summed E-state index contributed by atoms with van der Waals surface area (Å²) in [6.07, 6.45) is 0.466. The zero-order valence-corrected chi connectivity index (χ0v) is 14.9. The van der Waals surface area contributed by atoms with E-state index >= 15 is 0 Å². The fourth-order valence-electron chi connectivity index (χ4n) is 2.24. The fourth-order valence-corrected chi connectivity index (χ4v) is 2.98. The van der Waals surface area contributed by atoms with Crippen LogP contribution in [0.2, 0.25) is 0 Å². The molecule has 1 amide bonds. The highest BCUT2D eigenvalue weighted by molar-refractivity contribution is 7.14. The van der Waals surface area contributed by atoms with Crippen LogP contribution in [0.3, 0.4) is 0 Å². The fraction of sp³-hybridized carbons (Fsp3) is 0.158. The summed E-state index contributed by atoms with van der Waals surface area (Å²) < 4.78 is 5.16. The Hall–Kier alpha value is -2.86. The molecular formula is C19H19N3O2S. The van der Waals surface area contributed by atoms with E-state index in [1.807, 2.05) is 60.8 Å². The van der Waals surface area contributed by atoms with Gasteiger partial charge in [0.1, 0.15) is 5.75 Å². The van der Waals surface area contributed by atoms with Crippen LogP contribution in [-0.2, 0) is 4.79 Å². The van der Waals surface area contributed by atoms with Crippen LogP contribution in [0, 0.1) is 0 Å². The molecule has 1 heterocycles. The summed E-state index contributed by atoms with van der Waals surface area (Å²) in [5, 5.41) is 8.95. The number of amides is 1. The molecule has 0 aliphatic rings. The summed E-state index contributed by atoms with van der Waals surface area (Å²) in [7, 11) is 1.65. The molecule has 0 fully saturated rings. The minimum Gasteiger partial charge on any atom is -0.497 e. The molecule has 3 rings (SSSR count). The number of nitrogens with one attached hydrogen (secondary N) is 2. The predicted molar refractivity (Wildman–Crippen MR) is 103 cm³/mol. The number of ether oxygens (including phenoxy) is 1. The Morgan fingerprint density at radius 2 is 1.76 bits per heavy atom. The van der Waals surface area contributed by atoms with Gasteiger partial charge in [-0.2, -0.15) is 0 Å². The molecule has 25 heavy (non-hydrogen) atoms. The predicted octanol–water partition coefficient (Wildman–Crippen LogP) is 4.91. The first-order valence-electron chi connectivity index (χ1n) is 7.95. The Kier molecular flexibility index (Phi) is 5.30. The maximum absolute atomic E-state index is 11.4. The van der Waals surface area contributed by atoms with E-state index in [0.29, 0.717) is 6.42 Å². The normalized spacial score (nSPS) is 10.3. The van der Waals surface area contributed by atoms with Crippen LogP contribution in [-0.4, -0.2) is 18.0 Å². The van der Waals surface area contributed by atoms with Crippen molar-refractivity contribution < 1.29 is 9.53 Å². The number of benzene rings is 2. The first-order chi connectivity index (χ1) is 12.2. The molecule has 0 saturated heterocycles. The number of rotatable bonds is 6. The summed E-state index contributed by atoms with van der Waals surface area (Å²) in [6.45, 7) is 1.83. The Morgan fingerprint density at radius 1 is 1.08 bits per heavy atom. The lowest BCUT2D eigenvalue weighted by Crippen LogP contribution is -2.08. The second kappa shape index (κ2) is 7.81. The molecule has 2 N–H and O–H groups in total. The topological polar surface area (TPSA) is 63.2 Å². The van der Waals surface area contributed by atoms with Crippen LogP contribution in [0.25, 0.3) is 11.3 Å². The molecule has 0 aliphatic heterocycles. The quantitative estimate of drug-likeness (QED) is 0.661. The molecule has 128 valence electrons. The van der Waals surface area contributed by atoms with Gasteiger partial charge in [0.2, 0.25) is 5.91 Å². The Bertz CT molecular complexity index is 842. The Morgan fingerprint density at radius 3 is 2.40 bits per heavy atom. The highest BCUT2D eigenvalue weighted by Crippen LogP contribution is 2.28. The van der Waals surface area contributed by atoms with Crippen molar-refractivity contribution in [1.82, 2.24) is 4.98 Å². The highest BCUT2D eigenvalue weighted by Gasteiger charge is 2.06. The van der Waals surface area contributed by atoms with E-state index < -0.39 is 0 Å². The van der Waals surface area contributed by atoms with E-state index in [1.54, 1.807) is 18.4 Å². The zero-order valence-electron chi connectivity index (χ0n) is 14.1. The van der Waals surface area contributed by atoms with Crippen molar-refractivity contribution in [2.45, 2.75) is 13.3 Å². The zero-order chi connectivity index (χ0) is 17.6. The Balaban J connectivity index is 1.69. The van der Waals surface area contributed by atoms with Crippen LogP contribution in [0.15, 0.2) is 53.9 Å². The van der Waals surface area contributed by atoms with E-state index in [2.05, 4.69) is 15.6 Å². The number of aromatic nitrogens is 1. The van der Waals surface area contributed by atoms with E-state index in [4.69, 9.17) is 4.74 Å². The molecule has 1 aromatic heterocycles. The number of carbonyl (C=O) groups excluding carboxylic acids is 1. The largest absolute Gasteiger partial charge is 0.497 e. The lowest BCUT2D eigenvalue weighted by atomic mass is 10.1. The SMILES string of the molecule is CCC(=O)Nc1ccc(-c2csc(Nc3ccc(OC)cc3)n2)cc1. The van der Waals surface area contributed by atoms with Gasteiger partial charge >= 0.3 is 0 Å². The van der Waals surface area contributed by atoms with Crippen molar-refractivity contribution >= 4 is 33.8 Å². The van der Waals surface area contributed by atoms with Crippen LogP contribution in [0.4, 0.5) is 16.5 Å². The number of methoxy groups -OCH3 is 1. The summed E-state index contributed by atoms with van der Waals surface area (Å²) in [6, 6.07) is 15.4. The van der Waals surface area contributed by atoms with E-state index in [1.165, 1.54) is 0 Å². The van der Waals surface area contributed by atoms with E-state index in [9.17, 15) is 4.79 Å². The van der Waals surface area contributed by atoms with Gasteiger partial charge in [-0.1, -0.05) is 19.1 Å². The number of carbonyl (C=O) groups is 1. The van der Waals surface area contributed by atoms with E-state index in [0.717, 1.165) is 33.5 Å². The molecule has 0 unspecified atom stereocenters. The van der Waals surface area contributed by atoms with Crippen LogP contribution < -0.4 is 15.4 Å². The van der Waals surface area contributed by atoms with Crippen LogP contribution in [0.1, 0.15) is 13.3 Å². The standard InChI is InChI=1S/C19H19N3O2S/c1-3-18(23)20-14-6-4-13(5-7-14)17-12-25-19(22-17)21-15-8-10-16(24-2)11-9-15/h4-12H,3H2,1-2H3,(H,20,23)(H,21,22). The van der Waals surface area contributed by atoms with Crippen LogP contribution in [0.5, 0.6) is 5.75 Å². The van der Waals surface area contributed by atoms with Gasteiger partial charge in [0, 0.05) is 28.7 Å². The van der Waals surface area contributed by atoms with E-state index in [-0.39, 0.29) is 5.91 Å². The second-order valence-electron chi connectivity index (χ2n) is 5.37. The smallest absolute Gasteiger partial charge is 0.224 e. The molecule has 0 atom stereocenters. The molecule has 0 saturated carbocycles. The van der Waals surface area contributed by atoms with Gasteiger partial charge < -0.3 is 15.4 Å². The van der Waals surface area contributed by atoms with Gasteiger partial charge in [0.15, 0.2) is 5.13 Å². The molecule has 0 radical (unpaired) electrons. The van der Waals surface area contributed by atoms with Gasteiger partial charge in [0.05, 0.1) is 12.8 Å². The lowest BCUT2D eigenvalue weighted by Gasteiger charge is -2.05. The first kappa shape index (κ1) is 17.0. The number of thiazole rings is 1. The number of nitrogens with zero attached hydrogens (tertiary/aromatic N) is 1. The van der Waals surface area contributed by atoms with Crippen molar-refractivity contribution in [3.8, 4) is 17.0 Å². The average molecular weight is 353 g/mol. The molecule has 0 bridgehead atoms. The maximum Gasteiger partial charge on any atom is 0.224 e. The summed E-state index contributed by atoms with van der Waals surface area (Å²) in [4.78, 5) is 16.0. The molecule has 3 aromatic rings. The van der Waals surface area contributed by atoms with Crippen molar-refractivity contribution in [2.24, 2.45) is 0 Å². The van der Waals surface area contributed by atoms with Gasteiger partial charge in [-0.05, 0) is 36.4 Å². The van der Waals surface area contributed by atoms with Gasteiger partial charge in [-0.15, -0.1) is 11.3 Å². The molecule has 6 heteroatoms. The molecule has 2 aromatic carbocycles. The van der Waals surface area contributed by atoms with Gasteiger partial charge in [-0.3, -0.25) is 4.79 Å². The van der Waals surface area contributed by atoms with Crippen LogP contribution >= 0.6 is 11.3 Å². The van der Waals surface area contributed by atoms with Crippen molar-refractivity contribution in [3.63, 3.8) is 0 Å². The molecule has 0 aliphatic carbocycles.